The Balaban J connectivity index is 1.62. The molecule has 0 atom stereocenters. The first-order valence-electron chi connectivity index (χ1n) is 9.20. The van der Waals surface area contributed by atoms with Crippen molar-refractivity contribution < 1.29 is 4.79 Å². The van der Waals surface area contributed by atoms with Crippen molar-refractivity contribution in [1.82, 2.24) is 19.7 Å². The third-order valence-corrected chi connectivity index (χ3v) is 6.93. The topological polar surface area (TPSA) is 84.7 Å². The summed E-state index contributed by atoms with van der Waals surface area (Å²) in [5.41, 5.74) is 3.62. The highest BCUT2D eigenvalue weighted by Gasteiger charge is 2.17. The van der Waals surface area contributed by atoms with Gasteiger partial charge in [-0.25, -0.2) is 9.97 Å². The quantitative estimate of drug-likeness (QED) is 0.493. The summed E-state index contributed by atoms with van der Waals surface area (Å²) in [6.45, 7) is 8.07. The number of fused-ring (bicyclic) bond motifs is 1. The zero-order valence-electron chi connectivity index (χ0n) is 17.0. The second kappa shape index (κ2) is 7.57. The van der Waals surface area contributed by atoms with E-state index < -0.39 is 0 Å². The van der Waals surface area contributed by atoms with Crippen LogP contribution in [0.1, 0.15) is 21.8 Å². The molecule has 1 amide bonds. The Morgan fingerprint density at radius 1 is 1.21 bits per heavy atom. The molecule has 4 rings (SSSR count). The van der Waals surface area contributed by atoms with Gasteiger partial charge < -0.3 is 10.6 Å². The highest BCUT2D eigenvalue weighted by Crippen LogP contribution is 2.35. The fraction of sp³-hybridized carbons (Fsp3) is 0.300. The van der Waals surface area contributed by atoms with Gasteiger partial charge in [-0.3, -0.25) is 9.48 Å². The third kappa shape index (κ3) is 3.63. The number of aromatic nitrogens is 4. The lowest BCUT2D eigenvalue weighted by Crippen LogP contribution is -2.23. The van der Waals surface area contributed by atoms with Crippen LogP contribution < -0.4 is 10.6 Å². The summed E-state index contributed by atoms with van der Waals surface area (Å²) in [4.78, 5) is 25.2. The van der Waals surface area contributed by atoms with Gasteiger partial charge in [-0.15, -0.1) is 22.7 Å². The van der Waals surface area contributed by atoms with Crippen LogP contribution in [-0.4, -0.2) is 32.2 Å². The molecule has 4 heterocycles. The van der Waals surface area contributed by atoms with E-state index in [4.69, 9.17) is 9.97 Å². The lowest BCUT2D eigenvalue weighted by molar-refractivity contribution is -0.114. The highest BCUT2D eigenvalue weighted by atomic mass is 32.1. The van der Waals surface area contributed by atoms with Crippen molar-refractivity contribution in [2.24, 2.45) is 7.05 Å². The minimum absolute atomic E-state index is 0.109. The van der Waals surface area contributed by atoms with Crippen LogP contribution in [0.4, 0.5) is 11.5 Å². The maximum absolute atomic E-state index is 12.6. The first-order chi connectivity index (χ1) is 13.8. The number of thiophene rings is 2. The van der Waals surface area contributed by atoms with E-state index in [0.29, 0.717) is 11.6 Å². The average Bonchev–Trinajstić information content (AvgIpc) is 3.37. The van der Waals surface area contributed by atoms with Crippen molar-refractivity contribution >= 4 is 50.3 Å². The summed E-state index contributed by atoms with van der Waals surface area (Å²) in [7, 11) is 1.86. The van der Waals surface area contributed by atoms with E-state index in [9.17, 15) is 4.79 Å². The number of nitrogens with zero attached hydrogens (tertiary/aromatic N) is 4. The smallest absolute Gasteiger partial charge is 0.243 e. The molecular formula is C20H22N6OS2. The molecule has 0 radical (unpaired) electrons. The Labute approximate surface area is 176 Å². The molecule has 0 aliphatic heterocycles. The molecule has 4 aromatic rings. The number of hydrogen-bond acceptors (Lipinski definition) is 7. The molecular weight excluding hydrogens is 404 g/mol. The molecule has 29 heavy (non-hydrogen) atoms. The highest BCUT2D eigenvalue weighted by molar-refractivity contribution is 7.19. The molecule has 0 aliphatic carbocycles. The van der Waals surface area contributed by atoms with Gasteiger partial charge in [0.05, 0.1) is 33.9 Å². The van der Waals surface area contributed by atoms with Gasteiger partial charge in [-0.05, 0) is 44.7 Å². The summed E-state index contributed by atoms with van der Waals surface area (Å²) in [5, 5.41) is 13.5. The van der Waals surface area contributed by atoms with E-state index in [1.807, 2.05) is 38.4 Å². The van der Waals surface area contributed by atoms with E-state index >= 15 is 0 Å². The van der Waals surface area contributed by atoms with Gasteiger partial charge in [-0.2, -0.15) is 5.10 Å². The Kier molecular flexibility index (Phi) is 5.10. The van der Waals surface area contributed by atoms with Crippen LogP contribution in [-0.2, 0) is 11.8 Å². The minimum atomic E-state index is -0.141. The molecule has 0 bridgehead atoms. The first-order valence-corrected chi connectivity index (χ1v) is 10.9. The number of carbonyl (C=O) groups excluding carboxylic acids is 1. The fourth-order valence-corrected chi connectivity index (χ4v) is 4.88. The molecule has 0 unspecified atom stereocenters. The number of anilines is 2. The van der Waals surface area contributed by atoms with Crippen LogP contribution in [0.5, 0.6) is 0 Å². The zero-order chi connectivity index (χ0) is 20.7. The molecule has 0 aliphatic rings. The van der Waals surface area contributed by atoms with E-state index in [1.165, 1.54) is 4.88 Å². The average molecular weight is 427 g/mol. The molecule has 0 fully saturated rings. The number of rotatable bonds is 5. The van der Waals surface area contributed by atoms with Gasteiger partial charge in [0.2, 0.25) is 5.91 Å². The monoisotopic (exact) mass is 426 g/mol. The fourth-order valence-electron chi connectivity index (χ4n) is 3.20. The van der Waals surface area contributed by atoms with Crippen LogP contribution in [0.2, 0.25) is 0 Å². The van der Waals surface area contributed by atoms with Crippen molar-refractivity contribution in [3.63, 3.8) is 0 Å². The van der Waals surface area contributed by atoms with E-state index in [-0.39, 0.29) is 12.5 Å². The largest absolute Gasteiger partial charge is 0.360 e. The number of hydrogen-bond donors (Lipinski definition) is 2. The van der Waals surface area contributed by atoms with Crippen LogP contribution in [0.25, 0.3) is 20.9 Å². The summed E-state index contributed by atoms with van der Waals surface area (Å²) in [6, 6.07) is 3.99. The van der Waals surface area contributed by atoms with Crippen LogP contribution in [0.15, 0.2) is 17.5 Å². The molecule has 0 saturated heterocycles. The van der Waals surface area contributed by atoms with Crippen LogP contribution in [0, 0.1) is 27.7 Å². The molecule has 2 N–H and O–H groups in total. The van der Waals surface area contributed by atoms with Gasteiger partial charge in [0.15, 0.2) is 5.82 Å². The van der Waals surface area contributed by atoms with Crippen molar-refractivity contribution in [3.05, 3.63) is 39.3 Å². The molecule has 4 aromatic heterocycles. The standard InChI is InChI=1S/C20H22N6OS2/c1-10-13(4)29-20-16(10)19(23-18(24-20)14-7-6-8-28-14)21-9-15(27)22-17-11(2)25-26(5)12(17)3/h6-8H,9H2,1-5H3,(H,22,27)(H,21,23,24). The lowest BCUT2D eigenvalue weighted by Gasteiger charge is -2.10. The summed E-state index contributed by atoms with van der Waals surface area (Å²) in [6.07, 6.45) is 0. The second-order valence-corrected chi connectivity index (χ2v) is 9.06. The molecule has 9 heteroatoms. The Hall–Kier alpha value is -2.78. The number of nitrogens with one attached hydrogen (secondary N) is 2. The molecule has 0 aromatic carbocycles. The third-order valence-electron chi connectivity index (χ3n) is 4.96. The van der Waals surface area contributed by atoms with E-state index in [0.717, 1.165) is 37.7 Å². The number of amides is 1. The van der Waals surface area contributed by atoms with E-state index in [2.05, 4.69) is 29.6 Å². The lowest BCUT2D eigenvalue weighted by atomic mass is 10.2. The second-order valence-electron chi connectivity index (χ2n) is 6.91. The normalized spacial score (nSPS) is 11.2. The summed E-state index contributed by atoms with van der Waals surface area (Å²) < 4.78 is 1.76. The van der Waals surface area contributed by atoms with Gasteiger partial charge in [0.1, 0.15) is 10.6 Å². The summed E-state index contributed by atoms with van der Waals surface area (Å²) >= 11 is 3.25. The first kappa shape index (κ1) is 19.5. The van der Waals surface area contributed by atoms with Crippen LogP contribution in [0.3, 0.4) is 0 Å². The molecule has 0 saturated carbocycles. The van der Waals surface area contributed by atoms with Crippen molar-refractivity contribution in [2.75, 3.05) is 17.2 Å². The van der Waals surface area contributed by atoms with E-state index in [1.54, 1.807) is 27.4 Å². The Morgan fingerprint density at radius 3 is 2.66 bits per heavy atom. The predicted molar refractivity (Wildman–Crippen MR) is 120 cm³/mol. The zero-order valence-corrected chi connectivity index (χ0v) is 18.6. The SMILES string of the molecule is Cc1nn(C)c(C)c1NC(=O)CNc1nc(-c2cccs2)nc2sc(C)c(C)c12. The van der Waals surface area contributed by atoms with Crippen molar-refractivity contribution in [1.29, 1.82) is 0 Å². The Morgan fingerprint density at radius 2 is 2.00 bits per heavy atom. The maximum atomic E-state index is 12.6. The van der Waals surface area contributed by atoms with Gasteiger partial charge in [0.25, 0.3) is 0 Å². The van der Waals surface area contributed by atoms with Crippen molar-refractivity contribution in [2.45, 2.75) is 27.7 Å². The molecule has 150 valence electrons. The molecule has 0 spiro atoms. The Bertz CT molecular complexity index is 1210. The molecule has 7 nitrogen and oxygen atoms in total. The number of carbonyl (C=O) groups is 1. The van der Waals surface area contributed by atoms with Gasteiger partial charge >= 0.3 is 0 Å². The number of aryl methyl sites for hydroxylation is 4. The van der Waals surface area contributed by atoms with Gasteiger partial charge in [0, 0.05) is 11.9 Å². The summed E-state index contributed by atoms with van der Waals surface area (Å²) in [5.74, 6) is 1.23. The van der Waals surface area contributed by atoms with Crippen molar-refractivity contribution in [3.8, 4) is 10.7 Å². The van der Waals surface area contributed by atoms with Gasteiger partial charge in [-0.1, -0.05) is 6.07 Å². The predicted octanol–water partition coefficient (Wildman–Crippen LogP) is 4.44. The minimum Gasteiger partial charge on any atom is -0.360 e. The maximum Gasteiger partial charge on any atom is 0.243 e. The van der Waals surface area contributed by atoms with Crippen LogP contribution >= 0.6 is 22.7 Å².